The van der Waals surface area contributed by atoms with E-state index in [1.807, 2.05) is 6.92 Å². The van der Waals surface area contributed by atoms with Crippen molar-refractivity contribution in [3.05, 3.63) is 64.7 Å². The maximum Gasteiger partial charge on any atom is 0.169 e. The monoisotopic (exact) mass is 261 g/mol. The molecule has 2 aromatic carbocycles. The first-order valence-corrected chi connectivity index (χ1v) is 5.81. The number of ketones is 1. The zero-order valence-corrected chi connectivity index (χ0v) is 10.4. The molecule has 0 amide bonds. The predicted molar refractivity (Wildman–Crippen MR) is 70.0 cm³/mol. The zero-order chi connectivity index (χ0) is 14.0. The Kier molecular flexibility index (Phi) is 3.60. The second-order valence-electron chi connectivity index (χ2n) is 4.40. The van der Waals surface area contributed by atoms with Gasteiger partial charge in [-0.3, -0.25) is 4.79 Å². The van der Waals surface area contributed by atoms with E-state index < -0.39 is 11.6 Å². The fraction of sp³-hybridized carbons (Fsp3) is 0.133. The van der Waals surface area contributed by atoms with Crippen molar-refractivity contribution in [3.63, 3.8) is 0 Å². The average Bonchev–Trinajstić information content (AvgIpc) is 2.38. The molecule has 98 valence electrons. The Balaban J connectivity index is 2.31. The number of nitrogen functional groups attached to an aromatic ring is 1. The second kappa shape index (κ2) is 5.18. The molecule has 2 rings (SSSR count). The van der Waals surface area contributed by atoms with E-state index >= 15 is 0 Å². The number of Topliss-reactive ketones (excluding diaryl/α,β-unsaturated/α-hetero) is 1. The Bertz CT molecular complexity index is 638. The summed E-state index contributed by atoms with van der Waals surface area (Å²) in [5.41, 5.74) is 7.32. The van der Waals surface area contributed by atoms with E-state index in [0.717, 1.165) is 11.6 Å². The van der Waals surface area contributed by atoms with Crippen molar-refractivity contribution in [2.24, 2.45) is 0 Å². The standard InChI is InChI=1S/C15H13F2NO/c1-9-5-6-13(18)11(7-9)14(19)8-10-3-2-4-12(16)15(10)17/h2-7H,8,18H2,1H3. The van der Waals surface area contributed by atoms with Crippen LogP contribution in [0.2, 0.25) is 0 Å². The minimum atomic E-state index is -0.984. The molecule has 4 heteroatoms. The Morgan fingerprint density at radius 3 is 2.68 bits per heavy atom. The van der Waals surface area contributed by atoms with Crippen LogP contribution in [0.15, 0.2) is 36.4 Å². The van der Waals surface area contributed by atoms with E-state index in [1.54, 1.807) is 18.2 Å². The van der Waals surface area contributed by atoms with Gasteiger partial charge in [-0.25, -0.2) is 8.78 Å². The molecule has 0 heterocycles. The molecule has 0 aliphatic rings. The highest BCUT2D eigenvalue weighted by molar-refractivity contribution is 6.02. The summed E-state index contributed by atoms with van der Waals surface area (Å²) in [6, 6.07) is 8.85. The minimum Gasteiger partial charge on any atom is -0.398 e. The van der Waals surface area contributed by atoms with Crippen LogP contribution in [-0.4, -0.2) is 5.78 Å². The molecular formula is C15H13F2NO. The number of carbonyl (C=O) groups is 1. The molecule has 0 atom stereocenters. The third-order valence-corrected chi connectivity index (χ3v) is 2.89. The van der Waals surface area contributed by atoms with Gasteiger partial charge >= 0.3 is 0 Å². The lowest BCUT2D eigenvalue weighted by atomic mass is 9.99. The molecule has 0 aliphatic heterocycles. The molecule has 2 N–H and O–H groups in total. The molecule has 0 fully saturated rings. The van der Waals surface area contributed by atoms with Gasteiger partial charge in [-0.15, -0.1) is 0 Å². The summed E-state index contributed by atoms with van der Waals surface area (Å²) in [5.74, 6) is -2.27. The lowest BCUT2D eigenvalue weighted by molar-refractivity contribution is 0.0992. The number of aryl methyl sites for hydroxylation is 1. The van der Waals surface area contributed by atoms with Crippen LogP contribution in [-0.2, 0) is 6.42 Å². The van der Waals surface area contributed by atoms with Crippen molar-refractivity contribution in [2.45, 2.75) is 13.3 Å². The van der Waals surface area contributed by atoms with Crippen molar-refractivity contribution in [1.29, 1.82) is 0 Å². The van der Waals surface area contributed by atoms with Gasteiger partial charge in [0.05, 0.1) is 0 Å². The second-order valence-corrected chi connectivity index (χ2v) is 4.40. The SMILES string of the molecule is Cc1ccc(N)c(C(=O)Cc2cccc(F)c2F)c1. The summed E-state index contributed by atoms with van der Waals surface area (Å²) < 4.78 is 26.6. The molecule has 0 spiro atoms. The van der Waals surface area contributed by atoms with Gasteiger partial charge in [0.15, 0.2) is 17.4 Å². The van der Waals surface area contributed by atoms with Crippen LogP contribution < -0.4 is 5.73 Å². The van der Waals surface area contributed by atoms with E-state index in [0.29, 0.717) is 11.3 Å². The number of anilines is 1. The van der Waals surface area contributed by atoms with Gasteiger partial charge in [0.2, 0.25) is 0 Å². The van der Waals surface area contributed by atoms with Gasteiger partial charge in [-0.05, 0) is 30.7 Å². The molecule has 0 saturated carbocycles. The molecule has 0 radical (unpaired) electrons. The molecule has 0 aromatic heterocycles. The van der Waals surface area contributed by atoms with Crippen LogP contribution in [0.25, 0.3) is 0 Å². The fourth-order valence-electron chi connectivity index (χ4n) is 1.86. The quantitative estimate of drug-likeness (QED) is 0.680. The maximum atomic E-state index is 13.5. The van der Waals surface area contributed by atoms with Crippen molar-refractivity contribution < 1.29 is 13.6 Å². The van der Waals surface area contributed by atoms with Gasteiger partial charge < -0.3 is 5.73 Å². The molecule has 2 aromatic rings. The molecule has 0 bridgehead atoms. The van der Waals surface area contributed by atoms with Crippen LogP contribution in [0.5, 0.6) is 0 Å². The maximum absolute atomic E-state index is 13.5. The zero-order valence-electron chi connectivity index (χ0n) is 10.4. The Hall–Kier alpha value is -2.23. The van der Waals surface area contributed by atoms with Gasteiger partial charge in [0.25, 0.3) is 0 Å². The van der Waals surface area contributed by atoms with Crippen molar-refractivity contribution in [3.8, 4) is 0 Å². The smallest absolute Gasteiger partial charge is 0.169 e. The highest BCUT2D eigenvalue weighted by Crippen LogP contribution is 2.18. The predicted octanol–water partition coefficient (Wildman–Crippen LogP) is 3.28. The molecular weight excluding hydrogens is 248 g/mol. The summed E-state index contributed by atoms with van der Waals surface area (Å²) in [6.45, 7) is 1.83. The third-order valence-electron chi connectivity index (χ3n) is 2.89. The highest BCUT2D eigenvalue weighted by atomic mass is 19.2. The summed E-state index contributed by atoms with van der Waals surface area (Å²) in [5, 5.41) is 0. The molecule has 2 nitrogen and oxygen atoms in total. The normalized spacial score (nSPS) is 10.5. The van der Waals surface area contributed by atoms with Crippen molar-refractivity contribution >= 4 is 11.5 Å². The van der Waals surface area contributed by atoms with Gasteiger partial charge in [0, 0.05) is 17.7 Å². The average molecular weight is 261 g/mol. The third kappa shape index (κ3) is 2.78. The lowest BCUT2D eigenvalue weighted by Crippen LogP contribution is -2.09. The summed E-state index contributed by atoms with van der Waals surface area (Å²) >= 11 is 0. The first-order valence-electron chi connectivity index (χ1n) is 5.81. The van der Waals surface area contributed by atoms with Crippen LogP contribution in [0.3, 0.4) is 0 Å². The Morgan fingerprint density at radius 1 is 1.21 bits per heavy atom. The van der Waals surface area contributed by atoms with Gasteiger partial charge in [0.1, 0.15) is 0 Å². The van der Waals surface area contributed by atoms with Crippen LogP contribution >= 0.6 is 0 Å². The highest BCUT2D eigenvalue weighted by Gasteiger charge is 2.15. The van der Waals surface area contributed by atoms with E-state index in [2.05, 4.69) is 0 Å². The molecule has 19 heavy (non-hydrogen) atoms. The number of nitrogens with two attached hydrogens (primary N) is 1. The van der Waals surface area contributed by atoms with Crippen molar-refractivity contribution in [2.75, 3.05) is 5.73 Å². The first-order chi connectivity index (χ1) is 8.99. The van der Waals surface area contributed by atoms with Gasteiger partial charge in [-0.1, -0.05) is 23.8 Å². The Labute approximate surface area is 109 Å². The van der Waals surface area contributed by atoms with Crippen LogP contribution in [0, 0.1) is 18.6 Å². The van der Waals surface area contributed by atoms with Gasteiger partial charge in [-0.2, -0.15) is 0 Å². The van der Waals surface area contributed by atoms with E-state index in [9.17, 15) is 13.6 Å². The van der Waals surface area contributed by atoms with E-state index in [1.165, 1.54) is 12.1 Å². The van der Waals surface area contributed by atoms with Crippen LogP contribution in [0.1, 0.15) is 21.5 Å². The number of carbonyl (C=O) groups excluding carboxylic acids is 1. The Morgan fingerprint density at radius 2 is 1.95 bits per heavy atom. The largest absolute Gasteiger partial charge is 0.398 e. The number of benzene rings is 2. The van der Waals surface area contributed by atoms with Crippen LogP contribution in [0.4, 0.5) is 14.5 Å². The topological polar surface area (TPSA) is 43.1 Å². The molecule has 0 saturated heterocycles. The number of hydrogen-bond acceptors (Lipinski definition) is 2. The number of halogens is 2. The number of hydrogen-bond donors (Lipinski definition) is 1. The molecule has 0 aliphatic carbocycles. The van der Waals surface area contributed by atoms with E-state index in [-0.39, 0.29) is 17.8 Å². The first kappa shape index (κ1) is 13.2. The van der Waals surface area contributed by atoms with E-state index in [4.69, 9.17) is 5.73 Å². The summed E-state index contributed by atoms with van der Waals surface area (Å²) in [6.07, 6.45) is -0.211. The summed E-state index contributed by atoms with van der Waals surface area (Å²) in [7, 11) is 0. The summed E-state index contributed by atoms with van der Waals surface area (Å²) in [4.78, 5) is 12.1. The molecule has 0 unspecified atom stereocenters. The lowest BCUT2D eigenvalue weighted by Gasteiger charge is -2.07. The fourth-order valence-corrected chi connectivity index (χ4v) is 1.86. The van der Waals surface area contributed by atoms with Crippen molar-refractivity contribution in [1.82, 2.24) is 0 Å². The minimum absolute atomic E-state index is 0.0332. The number of rotatable bonds is 3.